The van der Waals surface area contributed by atoms with E-state index in [0.717, 1.165) is 5.56 Å². The monoisotopic (exact) mass is 455 g/mol. The first kappa shape index (κ1) is 23.8. The number of carbonyl (C=O) groups excluding carboxylic acids is 3. The zero-order chi connectivity index (χ0) is 23.4. The van der Waals surface area contributed by atoms with Gasteiger partial charge in [-0.05, 0) is 44.0 Å². The highest BCUT2D eigenvalue weighted by Crippen LogP contribution is 2.19. The Hall–Kier alpha value is -2.86. The predicted octanol–water partition coefficient (Wildman–Crippen LogP) is 3.78. The van der Waals surface area contributed by atoms with Gasteiger partial charge >= 0.3 is 0 Å². The Bertz CT molecular complexity index is 990. The van der Waals surface area contributed by atoms with Crippen LogP contribution >= 0.6 is 11.6 Å². The van der Waals surface area contributed by atoms with Gasteiger partial charge in [-0.1, -0.05) is 55.3 Å². The van der Waals surface area contributed by atoms with E-state index in [1.165, 1.54) is 0 Å². The third-order valence-corrected chi connectivity index (χ3v) is 6.17. The van der Waals surface area contributed by atoms with Gasteiger partial charge in [0.25, 0.3) is 11.8 Å². The Labute approximate surface area is 194 Å². The lowest BCUT2D eigenvalue weighted by Gasteiger charge is -2.41. The molecule has 2 aromatic carbocycles. The maximum atomic E-state index is 13.3. The highest BCUT2D eigenvalue weighted by atomic mass is 35.5. The summed E-state index contributed by atoms with van der Waals surface area (Å²) in [5.74, 6) is -0.646. The van der Waals surface area contributed by atoms with Gasteiger partial charge in [-0.15, -0.1) is 0 Å². The summed E-state index contributed by atoms with van der Waals surface area (Å²) in [6, 6.07) is 13.5. The molecule has 0 saturated carbocycles. The summed E-state index contributed by atoms with van der Waals surface area (Å²) in [6.45, 7) is 9.01. The zero-order valence-corrected chi connectivity index (χ0v) is 19.7. The third kappa shape index (κ3) is 5.30. The van der Waals surface area contributed by atoms with E-state index in [1.54, 1.807) is 34.1 Å². The molecule has 1 saturated heterocycles. The number of benzene rings is 2. The molecule has 32 heavy (non-hydrogen) atoms. The molecule has 2 atom stereocenters. The molecule has 6 nitrogen and oxygen atoms in total. The van der Waals surface area contributed by atoms with Crippen molar-refractivity contribution in [3.8, 4) is 0 Å². The standard InChI is InChI=1S/C25H30ClN3O3/c1-16(2)22(27-23(30)20-7-5-6-8-21(20)26)25(32)28-13-14-29(18(4)15-28)24(31)19-11-9-17(3)10-12-19/h5-12,16,18,22H,13-15H2,1-4H3,(H,27,30). The van der Waals surface area contributed by atoms with Crippen molar-refractivity contribution < 1.29 is 14.4 Å². The fourth-order valence-electron chi connectivity index (χ4n) is 3.90. The Morgan fingerprint density at radius 1 is 1.03 bits per heavy atom. The first-order valence-corrected chi connectivity index (χ1v) is 11.3. The van der Waals surface area contributed by atoms with Crippen LogP contribution in [0.3, 0.4) is 0 Å². The van der Waals surface area contributed by atoms with Gasteiger partial charge in [0, 0.05) is 31.2 Å². The molecule has 1 aliphatic rings. The third-order valence-electron chi connectivity index (χ3n) is 5.84. The predicted molar refractivity (Wildman–Crippen MR) is 126 cm³/mol. The molecular formula is C25H30ClN3O3. The van der Waals surface area contributed by atoms with E-state index in [4.69, 9.17) is 11.6 Å². The Balaban J connectivity index is 1.67. The van der Waals surface area contributed by atoms with Gasteiger partial charge in [-0.25, -0.2) is 0 Å². The van der Waals surface area contributed by atoms with Gasteiger partial charge in [0.2, 0.25) is 5.91 Å². The number of rotatable bonds is 5. The second-order valence-electron chi connectivity index (χ2n) is 8.67. The van der Waals surface area contributed by atoms with Crippen molar-refractivity contribution in [2.75, 3.05) is 19.6 Å². The van der Waals surface area contributed by atoms with E-state index in [9.17, 15) is 14.4 Å². The highest BCUT2D eigenvalue weighted by molar-refractivity contribution is 6.33. The Morgan fingerprint density at radius 2 is 1.69 bits per heavy atom. The maximum absolute atomic E-state index is 13.3. The summed E-state index contributed by atoms with van der Waals surface area (Å²) < 4.78 is 0. The van der Waals surface area contributed by atoms with Crippen LogP contribution in [0.25, 0.3) is 0 Å². The van der Waals surface area contributed by atoms with Crippen LogP contribution in [-0.2, 0) is 4.79 Å². The molecule has 1 fully saturated rings. The van der Waals surface area contributed by atoms with Gasteiger partial charge in [-0.3, -0.25) is 14.4 Å². The Kier molecular flexibility index (Phi) is 7.56. The van der Waals surface area contributed by atoms with Gasteiger partial charge in [0.05, 0.1) is 10.6 Å². The molecule has 1 aliphatic heterocycles. The van der Waals surface area contributed by atoms with Gasteiger partial charge in [-0.2, -0.15) is 0 Å². The number of piperazine rings is 1. The quantitative estimate of drug-likeness (QED) is 0.746. The normalized spacial score (nSPS) is 17.2. The SMILES string of the molecule is Cc1ccc(C(=O)N2CCN(C(=O)C(NC(=O)c3ccccc3Cl)C(C)C)CC2C)cc1. The number of aryl methyl sites for hydroxylation is 1. The van der Waals surface area contributed by atoms with Crippen LogP contribution in [0.15, 0.2) is 48.5 Å². The van der Waals surface area contributed by atoms with E-state index >= 15 is 0 Å². The number of carbonyl (C=O) groups is 3. The van der Waals surface area contributed by atoms with Crippen LogP contribution < -0.4 is 5.32 Å². The molecule has 0 aliphatic carbocycles. The van der Waals surface area contributed by atoms with Crippen LogP contribution in [0.2, 0.25) is 5.02 Å². The largest absolute Gasteiger partial charge is 0.340 e. The molecule has 0 radical (unpaired) electrons. The van der Waals surface area contributed by atoms with Crippen molar-refractivity contribution >= 4 is 29.3 Å². The lowest BCUT2D eigenvalue weighted by molar-refractivity contribution is -0.136. The van der Waals surface area contributed by atoms with E-state index in [1.807, 2.05) is 52.0 Å². The van der Waals surface area contributed by atoms with E-state index in [-0.39, 0.29) is 29.7 Å². The minimum Gasteiger partial charge on any atom is -0.340 e. The topological polar surface area (TPSA) is 69.7 Å². The van der Waals surface area contributed by atoms with Crippen LogP contribution in [0.1, 0.15) is 47.1 Å². The second-order valence-corrected chi connectivity index (χ2v) is 9.08. The van der Waals surface area contributed by atoms with Crippen molar-refractivity contribution in [1.82, 2.24) is 15.1 Å². The fraction of sp³-hybridized carbons (Fsp3) is 0.400. The molecule has 0 bridgehead atoms. The van der Waals surface area contributed by atoms with Gasteiger partial charge < -0.3 is 15.1 Å². The second kappa shape index (κ2) is 10.2. The smallest absolute Gasteiger partial charge is 0.254 e. The van der Waals surface area contributed by atoms with Crippen LogP contribution in [0, 0.1) is 12.8 Å². The summed E-state index contributed by atoms with van der Waals surface area (Å²) in [4.78, 5) is 42.5. The van der Waals surface area contributed by atoms with E-state index in [2.05, 4.69) is 5.32 Å². The van der Waals surface area contributed by atoms with E-state index < -0.39 is 6.04 Å². The van der Waals surface area contributed by atoms with Crippen LogP contribution in [-0.4, -0.2) is 59.2 Å². The molecule has 1 heterocycles. The van der Waals surface area contributed by atoms with Crippen molar-refractivity contribution in [1.29, 1.82) is 0 Å². The van der Waals surface area contributed by atoms with Crippen molar-refractivity contribution in [3.63, 3.8) is 0 Å². The summed E-state index contributed by atoms with van der Waals surface area (Å²) in [7, 11) is 0. The molecule has 3 rings (SSSR count). The number of halogens is 1. The number of nitrogens with zero attached hydrogens (tertiary/aromatic N) is 2. The van der Waals surface area contributed by atoms with Gasteiger partial charge in [0.1, 0.15) is 6.04 Å². The number of hydrogen-bond acceptors (Lipinski definition) is 3. The molecule has 170 valence electrons. The summed E-state index contributed by atoms with van der Waals surface area (Å²) in [5.41, 5.74) is 2.09. The molecular weight excluding hydrogens is 426 g/mol. The Morgan fingerprint density at radius 3 is 2.28 bits per heavy atom. The van der Waals surface area contributed by atoms with Gasteiger partial charge in [0.15, 0.2) is 0 Å². The molecule has 0 spiro atoms. The van der Waals surface area contributed by atoms with Crippen molar-refractivity contribution in [2.45, 2.75) is 39.8 Å². The lowest BCUT2D eigenvalue weighted by atomic mass is 10.0. The van der Waals surface area contributed by atoms with Crippen LogP contribution in [0.4, 0.5) is 0 Å². The number of hydrogen-bond donors (Lipinski definition) is 1. The van der Waals surface area contributed by atoms with Crippen LogP contribution in [0.5, 0.6) is 0 Å². The first-order valence-electron chi connectivity index (χ1n) is 10.9. The molecule has 1 N–H and O–H groups in total. The lowest BCUT2D eigenvalue weighted by Crippen LogP contribution is -2.59. The molecule has 2 unspecified atom stereocenters. The summed E-state index contributed by atoms with van der Waals surface area (Å²) >= 11 is 6.14. The minimum absolute atomic E-state index is 0.0305. The van der Waals surface area contributed by atoms with Crippen molar-refractivity contribution in [3.05, 3.63) is 70.2 Å². The number of amides is 3. The maximum Gasteiger partial charge on any atom is 0.254 e. The molecule has 3 amide bonds. The fourth-order valence-corrected chi connectivity index (χ4v) is 4.12. The number of nitrogens with one attached hydrogen (secondary N) is 1. The molecule has 0 aromatic heterocycles. The molecule has 7 heteroatoms. The minimum atomic E-state index is -0.676. The summed E-state index contributed by atoms with van der Waals surface area (Å²) in [6.07, 6.45) is 0. The van der Waals surface area contributed by atoms with Crippen molar-refractivity contribution in [2.24, 2.45) is 5.92 Å². The average Bonchev–Trinajstić information content (AvgIpc) is 2.77. The highest BCUT2D eigenvalue weighted by Gasteiger charge is 2.35. The zero-order valence-electron chi connectivity index (χ0n) is 19.0. The molecule has 2 aromatic rings. The van der Waals surface area contributed by atoms with E-state index in [0.29, 0.717) is 35.8 Å². The summed E-state index contributed by atoms with van der Waals surface area (Å²) in [5, 5.41) is 3.20. The first-order chi connectivity index (χ1) is 15.2. The average molecular weight is 456 g/mol.